The van der Waals surface area contributed by atoms with E-state index in [0.717, 1.165) is 0 Å². The number of carbonyl (C=O) groups excluding carboxylic acids is 2. The van der Waals surface area contributed by atoms with Gasteiger partial charge in [0.05, 0.1) is 19.1 Å². The molecule has 0 bridgehead atoms. The summed E-state index contributed by atoms with van der Waals surface area (Å²) in [5.74, 6) is -0.681. The fourth-order valence-electron chi connectivity index (χ4n) is 2.12. The average molecular weight is 411 g/mol. The fourth-order valence-corrected chi connectivity index (χ4v) is 2.12. The molecule has 2 aromatic heterocycles. The average Bonchev–Trinajstić information content (AvgIpc) is 2.67. The summed E-state index contributed by atoms with van der Waals surface area (Å²) in [5.41, 5.74) is 0.688. The van der Waals surface area contributed by atoms with Crippen LogP contribution in [0.15, 0.2) is 30.6 Å². The van der Waals surface area contributed by atoms with E-state index >= 15 is 0 Å². The molecule has 0 aromatic carbocycles. The Bertz CT molecular complexity index is 843. The summed E-state index contributed by atoms with van der Waals surface area (Å²) in [6, 6.07) is 3.97. The number of rotatable bonds is 8. The van der Waals surface area contributed by atoms with Crippen LogP contribution < -0.4 is 15.4 Å². The lowest BCUT2D eigenvalue weighted by Gasteiger charge is -2.14. The first-order chi connectivity index (χ1) is 13.7. The number of anilines is 1. The van der Waals surface area contributed by atoms with Crippen LogP contribution in [0.25, 0.3) is 0 Å². The Labute approximate surface area is 164 Å². The van der Waals surface area contributed by atoms with E-state index in [0.29, 0.717) is 5.56 Å². The molecular weight excluding hydrogens is 391 g/mol. The SMILES string of the molecule is CCC(=O)Nc1nccc(C(=O)NC(C)c2ccc(OCCC(F)(F)F)nc2)n1. The van der Waals surface area contributed by atoms with Crippen LogP contribution in [0, 0.1) is 0 Å². The van der Waals surface area contributed by atoms with Crippen LogP contribution >= 0.6 is 0 Å². The summed E-state index contributed by atoms with van der Waals surface area (Å²) in [5, 5.41) is 5.19. The van der Waals surface area contributed by atoms with Gasteiger partial charge in [-0.1, -0.05) is 13.0 Å². The first-order valence-electron chi connectivity index (χ1n) is 8.77. The quantitative estimate of drug-likeness (QED) is 0.692. The third kappa shape index (κ3) is 7.35. The molecule has 0 fully saturated rings. The van der Waals surface area contributed by atoms with Gasteiger partial charge in [-0.2, -0.15) is 13.2 Å². The van der Waals surface area contributed by atoms with Crippen LogP contribution in [0.3, 0.4) is 0 Å². The molecule has 156 valence electrons. The molecule has 0 saturated carbocycles. The van der Waals surface area contributed by atoms with Gasteiger partial charge in [-0.15, -0.1) is 0 Å². The molecule has 2 heterocycles. The summed E-state index contributed by atoms with van der Waals surface area (Å²) >= 11 is 0. The highest BCUT2D eigenvalue weighted by Crippen LogP contribution is 2.20. The van der Waals surface area contributed by atoms with Crippen LogP contribution in [0.1, 0.15) is 48.8 Å². The molecule has 1 atom stereocenters. The first kappa shape index (κ1) is 22.1. The maximum absolute atomic E-state index is 12.4. The number of nitrogens with zero attached hydrogens (tertiary/aromatic N) is 3. The van der Waals surface area contributed by atoms with Gasteiger partial charge in [0.15, 0.2) is 0 Å². The van der Waals surface area contributed by atoms with Gasteiger partial charge in [0.25, 0.3) is 5.91 Å². The molecule has 0 aliphatic heterocycles. The van der Waals surface area contributed by atoms with Crippen LogP contribution in [-0.2, 0) is 4.79 Å². The molecule has 0 aliphatic carbocycles. The normalized spacial score (nSPS) is 12.2. The summed E-state index contributed by atoms with van der Waals surface area (Å²) in [6.07, 6.45) is -2.35. The maximum Gasteiger partial charge on any atom is 0.392 e. The van der Waals surface area contributed by atoms with E-state index in [2.05, 4.69) is 25.6 Å². The molecule has 2 amide bonds. The first-order valence-corrected chi connectivity index (χ1v) is 8.77. The molecule has 0 aliphatic rings. The number of alkyl halides is 3. The Morgan fingerprint density at radius 1 is 1.21 bits per heavy atom. The van der Waals surface area contributed by atoms with Crippen molar-refractivity contribution in [1.29, 1.82) is 0 Å². The third-order valence-electron chi connectivity index (χ3n) is 3.70. The highest BCUT2D eigenvalue weighted by atomic mass is 19.4. The number of pyridine rings is 1. The number of halogens is 3. The molecule has 0 spiro atoms. The van der Waals surface area contributed by atoms with Gasteiger partial charge in [0, 0.05) is 24.9 Å². The Morgan fingerprint density at radius 2 is 1.97 bits per heavy atom. The van der Waals surface area contributed by atoms with Crippen molar-refractivity contribution >= 4 is 17.8 Å². The highest BCUT2D eigenvalue weighted by Gasteiger charge is 2.26. The molecule has 1 unspecified atom stereocenters. The molecule has 2 N–H and O–H groups in total. The zero-order valence-electron chi connectivity index (χ0n) is 15.8. The Kier molecular flexibility index (Phi) is 7.46. The molecule has 2 rings (SSSR count). The van der Waals surface area contributed by atoms with Gasteiger partial charge in [0.2, 0.25) is 17.7 Å². The molecule has 0 saturated heterocycles. The Morgan fingerprint density at radius 3 is 2.59 bits per heavy atom. The number of nitrogens with one attached hydrogen (secondary N) is 2. The van der Waals surface area contributed by atoms with Gasteiger partial charge in [0.1, 0.15) is 5.69 Å². The second kappa shape index (κ2) is 9.80. The van der Waals surface area contributed by atoms with Crippen LogP contribution in [-0.4, -0.2) is 39.5 Å². The van der Waals surface area contributed by atoms with Crippen molar-refractivity contribution in [2.24, 2.45) is 0 Å². The van der Waals surface area contributed by atoms with Crippen molar-refractivity contribution in [3.05, 3.63) is 41.9 Å². The smallest absolute Gasteiger partial charge is 0.392 e. The monoisotopic (exact) mass is 411 g/mol. The number of carbonyl (C=O) groups is 2. The number of hydrogen-bond donors (Lipinski definition) is 2. The van der Waals surface area contributed by atoms with E-state index in [-0.39, 0.29) is 29.9 Å². The lowest BCUT2D eigenvalue weighted by atomic mass is 10.1. The van der Waals surface area contributed by atoms with Gasteiger partial charge >= 0.3 is 6.18 Å². The zero-order chi connectivity index (χ0) is 21.4. The third-order valence-corrected chi connectivity index (χ3v) is 3.70. The van der Waals surface area contributed by atoms with E-state index in [1.807, 2.05) is 0 Å². The predicted molar refractivity (Wildman–Crippen MR) is 97.2 cm³/mol. The van der Waals surface area contributed by atoms with E-state index in [1.54, 1.807) is 19.9 Å². The van der Waals surface area contributed by atoms with E-state index in [1.165, 1.54) is 24.5 Å². The van der Waals surface area contributed by atoms with Gasteiger partial charge in [-0.25, -0.2) is 15.0 Å². The van der Waals surface area contributed by atoms with Gasteiger partial charge < -0.3 is 10.1 Å². The largest absolute Gasteiger partial charge is 0.477 e. The van der Waals surface area contributed by atoms with Crippen LogP contribution in [0.5, 0.6) is 5.88 Å². The van der Waals surface area contributed by atoms with Crippen molar-refractivity contribution in [2.45, 2.75) is 38.9 Å². The van der Waals surface area contributed by atoms with Crippen molar-refractivity contribution < 1.29 is 27.5 Å². The lowest BCUT2D eigenvalue weighted by molar-refractivity contribution is -0.139. The minimum Gasteiger partial charge on any atom is -0.477 e. The van der Waals surface area contributed by atoms with Gasteiger partial charge in [-0.3, -0.25) is 14.9 Å². The van der Waals surface area contributed by atoms with E-state index < -0.39 is 31.2 Å². The highest BCUT2D eigenvalue weighted by molar-refractivity contribution is 5.93. The van der Waals surface area contributed by atoms with Crippen LogP contribution in [0.2, 0.25) is 0 Å². The second-order valence-corrected chi connectivity index (χ2v) is 6.01. The van der Waals surface area contributed by atoms with E-state index in [9.17, 15) is 22.8 Å². The predicted octanol–water partition coefficient (Wildman–Crippen LogP) is 3.04. The minimum absolute atomic E-state index is 0.0270. The summed E-state index contributed by atoms with van der Waals surface area (Å²) in [6.45, 7) is 2.86. The number of amides is 2. The van der Waals surface area contributed by atoms with Crippen molar-refractivity contribution in [3.8, 4) is 5.88 Å². The second-order valence-electron chi connectivity index (χ2n) is 6.01. The van der Waals surface area contributed by atoms with Crippen molar-refractivity contribution in [3.63, 3.8) is 0 Å². The summed E-state index contributed by atoms with van der Waals surface area (Å²) in [4.78, 5) is 35.6. The topological polar surface area (TPSA) is 106 Å². The molecule has 2 aromatic rings. The molecule has 29 heavy (non-hydrogen) atoms. The van der Waals surface area contributed by atoms with Crippen molar-refractivity contribution in [1.82, 2.24) is 20.3 Å². The standard InChI is InChI=1S/C18H20F3N5O3/c1-3-14(27)26-17-22-8-6-13(25-17)16(28)24-11(2)12-4-5-15(23-10-12)29-9-7-18(19,20)21/h4-6,8,10-11H,3,7,9H2,1-2H3,(H,24,28)(H,22,25,26,27). The minimum atomic E-state index is -4.29. The summed E-state index contributed by atoms with van der Waals surface area (Å²) in [7, 11) is 0. The number of aromatic nitrogens is 3. The molecule has 8 nitrogen and oxygen atoms in total. The molecule has 11 heteroatoms. The number of ether oxygens (including phenoxy) is 1. The Hall–Kier alpha value is -3.24. The van der Waals surface area contributed by atoms with Crippen molar-refractivity contribution in [2.75, 3.05) is 11.9 Å². The van der Waals surface area contributed by atoms with E-state index in [4.69, 9.17) is 4.74 Å². The fraction of sp³-hybridized carbons (Fsp3) is 0.389. The molecular formula is C18H20F3N5O3. The zero-order valence-corrected chi connectivity index (χ0v) is 15.8. The number of hydrogen-bond acceptors (Lipinski definition) is 6. The van der Waals surface area contributed by atoms with Gasteiger partial charge in [-0.05, 0) is 18.6 Å². The lowest BCUT2D eigenvalue weighted by Crippen LogP contribution is -2.28. The van der Waals surface area contributed by atoms with Crippen LogP contribution in [0.4, 0.5) is 19.1 Å². The summed E-state index contributed by atoms with van der Waals surface area (Å²) < 4.78 is 41.3. The Balaban J connectivity index is 1.94. The molecule has 0 radical (unpaired) electrons. The maximum atomic E-state index is 12.4.